The summed E-state index contributed by atoms with van der Waals surface area (Å²) >= 11 is 8.22. The second kappa shape index (κ2) is 15.1. The zero-order valence-corrected chi connectivity index (χ0v) is 25.5. The lowest BCUT2D eigenvalue weighted by atomic mass is 9.89. The Kier molecular flexibility index (Phi) is 11.3. The van der Waals surface area contributed by atoms with Crippen LogP contribution in [0.4, 0.5) is 5.69 Å². The van der Waals surface area contributed by atoms with E-state index in [0.717, 1.165) is 67.5 Å². The number of allylic oxidation sites excluding steroid dienone is 2. The zero-order chi connectivity index (χ0) is 30.1. The summed E-state index contributed by atoms with van der Waals surface area (Å²) in [4.78, 5) is 36.9. The number of ether oxygens (including phenoxy) is 2. The van der Waals surface area contributed by atoms with Gasteiger partial charge in [0.2, 0.25) is 0 Å². The van der Waals surface area contributed by atoms with Crippen molar-refractivity contribution < 1.29 is 24.0 Å². The highest BCUT2D eigenvalue weighted by Crippen LogP contribution is 2.43. The van der Waals surface area contributed by atoms with Crippen molar-refractivity contribution in [2.45, 2.75) is 70.8 Å². The molecule has 0 N–H and O–H groups in total. The van der Waals surface area contributed by atoms with Crippen molar-refractivity contribution in [3.63, 3.8) is 0 Å². The molecule has 0 saturated heterocycles. The van der Waals surface area contributed by atoms with Crippen molar-refractivity contribution in [3.8, 4) is 0 Å². The van der Waals surface area contributed by atoms with E-state index in [1.165, 1.54) is 53.2 Å². The van der Waals surface area contributed by atoms with Crippen LogP contribution in [-0.4, -0.2) is 24.0 Å². The molecule has 3 aromatic rings. The molecule has 2 atom stereocenters. The van der Waals surface area contributed by atoms with Crippen LogP contribution in [0, 0.1) is 16.0 Å². The molecule has 1 aromatic heterocycles. The fourth-order valence-electron chi connectivity index (χ4n) is 5.39. The van der Waals surface area contributed by atoms with Crippen molar-refractivity contribution in [2.75, 3.05) is 7.11 Å². The molecule has 0 amide bonds. The summed E-state index contributed by atoms with van der Waals surface area (Å²) in [6.45, 7) is 2.13. The van der Waals surface area contributed by atoms with E-state index < -0.39 is 17.0 Å². The van der Waals surface area contributed by atoms with Crippen LogP contribution < -0.4 is 0 Å². The van der Waals surface area contributed by atoms with Gasteiger partial charge in [0, 0.05) is 22.0 Å². The number of aryl methyl sites for hydroxylation is 1. The number of esters is 2. The first-order valence-corrected chi connectivity index (χ1v) is 15.6. The standard InChI is InChI=1S/C33H36ClNO6S/c1-3-4-5-9-29(41-32(36)25-14-17-26(18-15-25)35(38)39)22-10-12-24(13-11-22)31-23(16-20-28(31)34)7-6-8-27-19-21-30(42-27)33(37)40-2/h10-15,17-19,21,23,29H,3-9,16,20H2,1-2H3. The molecule has 9 heteroatoms. The van der Waals surface area contributed by atoms with E-state index in [-0.39, 0.29) is 17.2 Å². The van der Waals surface area contributed by atoms with Gasteiger partial charge in [-0.15, -0.1) is 11.3 Å². The highest BCUT2D eigenvalue weighted by atomic mass is 35.5. The minimum absolute atomic E-state index is 0.0703. The second-order valence-electron chi connectivity index (χ2n) is 10.5. The zero-order valence-electron chi connectivity index (χ0n) is 24.0. The first kappa shape index (κ1) is 31.4. The molecular weight excluding hydrogens is 574 g/mol. The number of unbranched alkanes of at least 4 members (excludes halogenated alkanes) is 2. The molecule has 0 saturated carbocycles. The maximum absolute atomic E-state index is 12.9. The molecule has 0 spiro atoms. The van der Waals surface area contributed by atoms with Crippen LogP contribution in [0.25, 0.3) is 5.57 Å². The van der Waals surface area contributed by atoms with Gasteiger partial charge in [-0.2, -0.15) is 0 Å². The number of hydrogen-bond acceptors (Lipinski definition) is 7. The summed E-state index contributed by atoms with van der Waals surface area (Å²) in [7, 11) is 1.40. The molecule has 0 aliphatic heterocycles. The van der Waals surface area contributed by atoms with Gasteiger partial charge in [-0.1, -0.05) is 55.6 Å². The van der Waals surface area contributed by atoms with Crippen LogP contribution in [0.15, 0.2) is 65.7 Å². The van der Waals surface area contributed by atoms with Gasteiger partial charge >= 0.3 is 11.9 Å². The Labute approximate surface area is 255 Å². The molecule has 7 nitrogen and oxygen atoms in total. The third-order valence-corrected chi connectivity index (χ3v) is 9.18. The number of nitro benzene ring substituents is 1. The smallest absolute Gasteiger partial charge is 0.348 e. The number of rotatable bonds is 14. The van der Waals surface area contributed by atoms with E-state index in [2.05, 4.69) is 19.1 Å². The quantitative estimate of drug-likeness (QED) is 0.0782. The Morgan fingerprint density at radius 2 is 1.76 bits per heavy atom. The van der Waals surface area contributed by atoms with Gasteiger partial charge in [0.15, 0.2) is 0 Å². The monoisotopic (exact) mass is 609 g/mol. The highest BCUT2D eigenvalue weighted by molar-refractivity contribution is 7.13. The highest BCUT2D eigenvalue weighted by Gasteiger charge is 2.26. The van der Waals surface area contributed by atoms with Crippen molar-refractivity contribution >= 4 is 46.1 Å². The Hall–Kier alpha value is -3.49. The van der Waals surface area contributed by atoms with Crippen LogP contribution in [0.2, 0.25) is 0 Å². The molecule has 1 heterocycles. The van der Waals surface area contributed by atoms with Crippen LogP contribution >= 0.6 is 22.9 Å². The normalized spacial score (nSPS) is 15.5. The van der Waals surface area contributed by atoms with Gasteiger partial charge in [0.25, 0.3) is 5.69 Å². The van der Waals surface area contributed by atoms with Crippen molar-refractivity contribution in [3.05, 3.63) is 102 Å². The molecule has 4 rings (SSSR count). The van der Waals surface area contributed by atoms with Crippen LogP contribution in [0.5, 0.6) is 0 Å². The maximum Gasteiger partial charge on any atom is 0.348 e. The van der Waals surface area contributed by atoms with E-state index in [1.807, 2.05) is 24.3 Å². The average Bonchev–Trinajstić information content (AvgIpc) is 3.63. The third-order valence-electron chi connectivity index (χ3n) is 7.66. The van der Waals surface area contributed by atoms with E-state index in [9.17, 15) is 19.7 Å². The molecule has 2 unspecified atom stereocenters. The van der Waals surface area contributed by atoms with Crippen LogP contribution in [-0.2, 0) is 15.9 Å². The number of hydrogen-bond donors (Lipinski definition) is 0. The Balaban J connectivity index is 1.42. The van der Waals surface area contributed by atoms with Gasteiger partial charge in [0.05, 0.1) is 17.6 Å². The number of carbonyl (C=O) groups is 2. The number of halogens is 1. The lowest BCUT2D eigenvalue weighted by Crippen LogP contribution is -2.12. The summed E-state index contributed by atoms with van der Waals surface area (Å²) < 4.78 is 10.7. The molecule has 0 fully saturated rings. The molecule has 2 aromatic carbocycles. The van der Waals surface area contributed by atoms with Gasteiger partial charge in [-0.25, -0.2) is 9.59 Å². The van der Waals surface area contributed by atoms with Gasteiger partial charge in [-0.05, 0) is 91.8 Å². The van der Waals surface area contributed by atoms with Gasteiger partial charge in [0.1, 0.15) is 11.0 Å². The molecule has 1 aliphatic rings. The summed E-state index contributed by atoms with van der Waals surface area (Å²) in [5.74, 6) is -0.429. The predicted molar refractivity (Wildman–Crippen MR) is 166 cm³/mol. The second-order valence-corrected chi connectivity index (χ2v) is 12.1. The summed E-state index contributed by atoms with van der Waals surface area (Å²) in [5, 5.41) is 11.9. The number of carbonyl (C=O) groups excluding carboxylic acids is 2. The SMILES string of the molecule is CCCCCC(OC(=O)c1ccc([N+](=O)[O-])cc1)c1ccc(C2=C(Cl)CCC2CCCc2ccc(C(=O)OC)s2)cc1. The van der Waals surface area contributed by atoms with Crippen molar-refractivity contribution in [1.82, 2.24) is 0 Å². The topological polar surface area (TPSA) is 95.7 Å². The largest absolute Gasteiger partial charge is 0.465 e. The number of nitro groups is 1. The van der Waals surface area contributed by atoms with E-state index in [0.29, 0.717) is 17.2 Å². The maximum atomic E-state index is 12.9. The lowest BCUT2D eigenvalue weighted by molar-refractivity contribution is -0.384. The van der Waals surface area contributed by atoms with E-state index >= 15 is 0 Å². The molecule has 0 bridgehead atoms. The lowest BCUT2D eigenvalue weighted by Gasteiger charge is -2.20. The summed E-state index contributed by atoms with van der Waals surface area (Å²) in [5.41, 5.74) is 3.40. The van der Waals surface area contributed by atoms with Crippen LogP contribution in [0.1, 0.15) is 100 Å². The number of benzene rings is 2. The average molecular weight is 610 g/mol. The minimum Gasteiger partial charge on any atom is -0.465 e. The number of thiophene rings is 1. The van der Waals surface area contributed by atoms with E-state index in [1.54, 1.807) is 0 Å². The molecule has 1 aliphatic carbocycles. The molecular formula is C33H36ClNO6S. The Morgan fingerprint density at radius 3 is 2.43 bits per heavy atom. The van der Waals surface area contributed by atoms with Crippen molar-refractivity contribution in [2.24, 2.45) is 5.92 Å². The first-order chi connectivity index (χ1) is 20.3. The van der Waals surface area contributed by atoms with Gasteiger partial charge < -0.3 is 9.47 Å². The van der Waals surface area contributed by atoms with Crippen molar-refractivity contribution in [1.29, 1.82) is 0 Å². The van der Waals surface area contributed by atoms with Crippen LogP contribution in [0.3, 0.4) is 0 Å². The number of nitrogens with zero attached hydrogens (tertiary/aromatic N) is 1. The summed E-state index contributed by atoms with van der Waals surface area (Å²) in [6.07, 6.45) is 8.06. The minimum atomic E-state index is -0.499. The Morgan fingerprint density at radius 1 is 1.02 bits per heavy atom. The predicted octanol–water partition coefficient (Wildman–Crippen LogP) is 9.30. The Bertz CT molecular complexity index is 1410. The first-order valence-electron chi connectivity index (χ1n) is 14.4. The third kappa shape index (κ3) is 8.07. The van der Waals surface area contributed by atoms with Gasteiger partial charge in [-0.3, -0.25) is 10.1 Å². The molecule has 42 heavy (non-hydrogen) atoms. The number of non-ortho nitro benzene ring substituents is 1. The summed E-state index contributed by atoms with van der Waals surface area (Å²) in [6, 6.07) is 17.5. The number of methoxy groups -OCH3 is 1. The molecule has 0 radical (unpaired) electrons. The fourth-order valence-corrected chi connectivity index (χ4v) is 6.74. The fraction of sp³-hybridized carbons (Fsp3) is 0.394. The van der Waals surface area contributed by atoms with E-state index in [4.69, 9.17) is 21.1 Å². The molecule has 222 valence electrons.